The van der Waals surface area contributed by atoms with Gasteiger partial charge in [0, 0.05) is 87.2 Å². The van der Waals surface area contributed by atoms with Crippen LogP contribution in [0.4, 0.5) is 10.6 Å². The maximum atomic E-state index is 13.1. The Bertz CT molecular complexity index is 1560. The maximum Gasteiger partial charge on any atom is 0.320 e. The zero-order chi connectivity index (χ0) is 27.8. The smallest absolute Gasteiger partial charge is 0.320 e. The van der Waals surface area contributed by atoms with E-state index >= 15 is 0 Å². The third-order valence-corrected chi connectivity index (χ3v) is 7.58. The van der Waals surface area contributed by atoms with Crippen LogP contribution in [0.5, 0.6) is 0 Å². The van der Waals surface area contributed by atoms with Gasteiger partial charge < -0.3 is 19.4 Å². The molecule has 4 aromatic heterocycles. The standard InChI is InChI=1S/C29H33N9O2/c1-20(2)40-25-6-7-37(19-25)29(39)36-10-8-35(9-11-36)27-5-4-21(14-31-27)26-12-22(24-16-32-34(3)17-24)18-38-28(26)23(13-30)15-33-38/h4-5,12,14-18,20,25H,6-11,19H2,1-3H3. The van der Waals surface area contributed by atoms with E-state index in [9.17, 15) is 10.1 Å². The van der Waals surface area contributed by atoms with Crippen LogP contribution in [0.1, 0.15) is 25.8 Å². The number of carbonyl (C=O) groups is 1. The van der Waals surface area contributed by atoms with Crippen molar-refractivity contribution in [2.75, 3.05) is 44.2 Å². The van der Waals surface area contributed by atoms with Gasteiger partial charge in [0.05, 0.1) is 35.7 Å². The van der Waals surface area contributed by atoms with E-state index in [2.05, 4.69) is 27.2 Å². The second-order valence-electron chi connectivity index (χ2n) is 10.7. The molecule has 206 valence electrons. The fourth-order valence-electron chi connectivity index (χ4n) is 5.61. The number of anilines is 1. The molecule has 4 aromatic rings. The number of likely N-dealkylation sites (tertiary alicyclic amines) is 1. The molecule has 11 nitrogen and oxygen atoms in total. The van der Waals surface area contributed by atoms with E-state index in [-0.39, 0.29) is 18.2 Å². The summed E-state index contributed by atoms with van der Waals surface area (Å²) >= 11 is 0. The molecule has 0 aliphatic carbocycles. The van der Waals surface area contributed by atoms with Crippen LogP contribution >= 0.6 is 0 Å². The second kappa shape index (κ2) is 10.6. The average molecular weight is 540 g/mol. The number of urea groups is 1. The number of piperazine rings is 1. The highest BCUT2D eigenvalue weighted by Crippen LogP contribution is 2.32. The SMILES string of the molecule is CC(C)OC1CCN(C(=O)N2CCN(c3ccc(-c4cc(-c5cnn(C)c5)cn5ncc(C#N)c45)cn3)CC2)C1. The number of nitriles is 1. The van der Waals surface area contributed by atoms with Gasteiger partial charge in [0.25, 0.3) is 0 Å². The predicted molar refractivity (Wildman–Crippen MR) is 151 cm³/mol. The van der Waals surface area contributed by atoms with Crippen molar-refractivity contribution >= 4 is 17.4 Å². The number of carbonyl (C=O) groups excluding carboxylic acids is 1. The molecule has 6 rings (SSSR count). The number of aromatic nitrogens is 5. The summed E-state index contributed by atoms with van der Waals surface area (Å²) in [5.74, 6) is 0.871. The van der Waals surface area contributed by atoms with Crippen molar-refractivity contribution in [3.05, 3.63) is 54.7 Å². The van der Waals surface area contributed by atoms with Gasteiger partial charge in [0.1, 0.15) is 11.9 Å². The number of fused-ring (bicyclic) bond motifs is 1. The quantitative estimate of drug-likeness (QED) is 0.382. The molecule has 0 bridgehead atoms. The number of ether oxygens (including phenoxy) is 1. The fourth-order valence-corrected chi connectivity index (χ4v) is 5.61. The topological polar surface area (TPSA) is 108 Å². The molecule has 40 heavy (non-hydrogen) atoms. The first-order valence-electron chi connectivity index (χ1n) is 13.7. The number of amides is 2. The number of aryl methyl sites for hydroxylation is 1. The molecule has 11 heteroatoms. The van der Waals surface area contributed by atoms with Gasteiger partial charge in [-0.05, 0) is 38.5 Å². The number of hydrogen-bond acceptors (Lipinski definition) is 7. The third-order valence-electron chi connectivity index (χ3n) is 7.58. The Morgan fingerprint density at radius 1 is 1.00 bits per heavy atom. The molecule has 1 atom stereocenters. The molecule has 1 unspecified atom stereocenters. The first kappa shape index (κ1) is 25.8. The van der Waals surface area contributed by atoms with Gasteiger partial charge in [-0.3, -0.25) is 4.68 Å². The van der Waals surface area contributed by atoms with Crippen LogP contribution in [0, 0.1) is 11.3 Å². The van der Waals surface area contributed by atoms with Gasteiger partial charge in [0.15, 0.2) is 0 Å². The molecule has 2 saturated heterocycles. The van der Waals surface area contributed by atoms with Crippen molar-refractivity contribution in [2.45, 2.75) is 32.5 Å². The lowest BCUT2D eigenvalue weighted by Gasteiger charge is -2.37. The van der Waals surface area contributed by atoms with Crippen LogP contribution in [0.15, 0.2) is 49.2 Å². The number of hydrogen-bond donors (Lipinski definition) is 0. The van der Waals surface area contributed by atoms with Gasteiger partial charge in [-0.15, -0.1) is 0 Å². The lowest BCUT2D eigenvalue weighted by molar-refractivity contribution is 0.0149. The molecule has 2 aliphatic rings. The van der Waals surface area contributed by atoms with Crippen molar-refractivity contribution in [1.82, 2.24) is 34.2 Å². The highest BCUT2D eigenvalue weighted by Gasteiger charge is 2.32. The highest BCUT2D eigenvalue weighted by atomic mass is 16.5. The summed E-state index contributed by atoms with van der Waals surface area (Å²) in [4.78, 5) is 23.9. The molecular formula is C29H33N9O2. The maximum absolute atomic E-state index is 13.1. The first-order chi connectivity index (χ1) is 19.4. The highest BCUT2D eigenvalue weighted by molar-refractivity contribution is 5.87. The van der Waals surface area contributed by atoms with Crippen LogP contribution in [0.2, 0.25) is 0 Å². The number of nitrogens with zero attached hydrogens (tertiary/aromatic N) is 9. The molecule has 0 spiro atoms. The molecular weight excluding hydrogens is 506 g/mol. The van der Waals surface area contributed by atoms with E-state index in [4.69, 9.17) is 9.72 Å². The fraction of sp³-hybridized carbons (Fsp3) is 0.414. The molecule has 2 amide bonds. The molecule has 2 aliphatic heterocycles. The molecule has 0 N–H and O–H groups in total. The van der Waals surface area contributed by atoms with Crippen LogP contribution in [0.25, 0.3) is 27.8 Å². The van der Waals surface area contributed by atoms with Crippen molar-refractivity contribution in [3.8, 4) is 28.3 Å². The summed E-state index contributed by atoms with van der Waals surface area (Å²) in [5, 5.41) is 18.4. The molecule has 0 saturated carbocycles. The lowest BCUT2D eigenvalue weighted by Crippen LogP contribution is -2.52. The minimum Gasteiger partial charge on any atom is -0.374 e. The van der Waals surface area contributed by atoms with E-state index in [1.165, 1.54) is 0 Å². The molecule has 6 heterocycles. The minimum absolute atomic E-state index is 0.101. The van der Waals surface area contributed by atoms with E-state index in [1.54, 1.807) is 15.4 Å². The monoisotopic (exact) mass is 539 g/mol. The Morgan fingerprint density at radius 3 is 2.50 bits per heavy atom. The minimum atomic E-state index is 0.101. The van der Waals surface area contributed by atoms with Gasteiger partial charge in [0.2, 0.25) is 0 Å². The second-order valence-corrected chi connectivity index (χ2v) is 10.7. The third kappa shape index (κ3) is 4.98. The van der Waals surface area contributed by atoms with Crippen LogP contribution in [-0.2, 0) is 11.8 Å². The summed E-state index contributed by atoms with van der Waals surface area (Å²) in [7, 11) is 1.88. The Balaban J connectivity index is 1.17. The molecule has 0 radical (unpaired) electrons. The van der Waals surface area contributed by atoms with Crippen LogP contribution < -0.4 is 4.90 Å². The summed E-state index contributed by atoms with van der Waals surface area (Å²) in [5.41, 5.74) is 4.96. The Morgan fingerprint density at radius 2 is 1.82 bits per heavy atom. The largest absolute Gasteiger partial charge is 0.374 e. The van der Waals surface area contributed by atoms with Gasteiger partial charge in [-0.25, -0.2) is 14.3 Å². The zero-order valence-electron chi connectivity index (χ0n) is 23.1. The average Bonchev–Trinajstić information content (AvgIpc) is 3.72. The summed E-state index contributed by atoms with van der Waals surface area (Å²) in [6, 6.07) is 8.47. The first-order valence-corrected chi connectivity index (χ1v) is 13.7. The van der Waals surface area contributed by atoms with Gasteiger partial charge in [-0.2, -0.15) is 15.5 Å². The summed E-state index contributed by atoms with van der Waals surface area (Å²) < 4.78 is 9.41. The molecule has 2 fully saturated rings. The van der Waals surface area contributed by atoms with Gasteiger partial charge >= 0.3 is 6.03 Å². The van der Waals surface area contributed by atoms with E-state index in [1.807, 2.05) is 67.6 Å². The summed E-state index contributed by atoms with van der Waals surface area (Å²) in [6.07, 6.45) is 10.3. The lowest BCUT2D eigenvalue weighted by atomic mass is 10.0. The van der Waals surface area contributed by atoms with E-state index in [0.29, 0.717) is 25.2 Å². The Labute approximate surface area is 233 Å². The van der Waals surface area contributed by atoms with Crippen molar-refractivity contribution in [1.29, 1.82) is 5.26 Å². The van der Waals surface area contributed by atoms with Crippen molar-refractivity contribution < 1.29 is 9.53 Å². The van der Waals surface area contributed by atoms with E-state index < -0.39 is 0 Å². The zero-order valence-corrected chi connectivity index (χ0v) is 23.1. The van der Waals surface area contributed by atoms with Crippen molar-refractivity contribution in [2.24, 2.45) is 7.05 Å². The summed E-state index contributed by atoms with van der Waals surface area (Å²) in [6.45, 7) is 8.24. The number of pyridine rings is 2. The predicted octanol–water partition coefficient (Wildman–Crippen LogP) is 3.41. The normalized spacial score (nSPS) is 17.7. The molecule has 0 aromatic carbocycles. The Hall–Kier alpha value is -4.43. The van der Waals surface area contributed by atoms with E-state index in [0.717, 1.165) is 59.6 Å². The van der Waals surface area contributed by atoms with Crippen LogP contribution in [0.3, 0.4) is 0 Å². The number of rotatable bonds is 5. The Kier molecular flexibility index (Phi) is 6.86. The van der Waals surface area contributed by atoms with Gasteiger partial charge in [-0.1, -0.05) is 0 Å². The van der Waals surface area contributed by atoms with Crippen LogP contribution in [-0.4, -0.2) is 91.7 Å². The van der Waals surface area contributed by atoms with Crippen molar-refractivity contribution in [3.63, 3.8) is 0 Å².